The molecule has 0 aliphatic heterocycles. The number of aliphatic carboxylic acids is 2. The van der Waals surface area contributed by atoms with E-state index in [0.29, 0.717) is 12.8 Å². The van der Waals surface area contributed by atoms with Gasteiger partial charge in [-0.3, -0.25) is 9.59 Å². The monoisotopic (exact) mass is 585 g/mol. The summed E-state index contributed by atoms with van der Waals surface area (Å²) in [5.41, 5.74) is 0. The molecule has 0 amide bonds. The predicted molar refractivity (Wildman–Crippen MR) is 176 cm³/mol. The molecule has 0 saturated carbocycles. The number of aliphatic hydroxyl groups excluding tert-OH is 1. The molecule has 0 aromatic carbocycles. The minimum atomic E-state index is -0.687. The lowest BCUT2D eigenvalue weighted by Gasteiger charge is -2.10. The van der Waals surface area contributed by atoms with E-state index in [4.69, 9.17) is 10.2 Å². The van der Waals surface area contributed by atoms with Crippen LogP contribution in [0.25, 0.3) is 0 Å². The van der Waals surface area contributed by atoms with E-state index in [1.807, 2.05) is 0 Å². The van der Waals surface area contributed by atoms with Crippen LogP contribution in [0.2, 0.25) is 0 Å². The molecule has 5 nitrogen and oxygen atoms in total. The second kappa shape index (κ2) is 36.9. The van der Waals surface area contributed by atoms with E-state index >= 15 is 0 Å². The Morgan fingerprint density at radius 3 is 0.854 bits per heavy atom. The first kappa shape index (κ1) is 42.0. The molecule has 0 bridgehead atoms. The molecular formula is C36H72O5. The minimum Gasteiger partial charge on any atom is -0.481 e. The largest absolute Gasteiger partial charge is 0.481 e. The van der Waals surface area contributed by atoms with Crippen LogP contribution < -0.4 is 0 Å². The summed E-state index contributed by atoms with van der Waals surface area (Å²) < 4.78 is 0. The molecule has 41 heavy (non-hydrogen) atoms. The molecule has 0 aliphatic carbocycles. The number of aliphatic hydroxyl groups is 1. The van der Waals surface area contributed by atoms with Crippen molar-refractivity contribution < 1.29 is 24.9 Å². The molecule has 0 heterocycles. The van der Waals surface area contributed by atoms with Crippen molar-refractivity contribution in [3.05, 3.63) is 0 Å². The van der Waals surface area contributed by atoms with E-state index in [1.54, 1.807) is 0 Å². The van der Waals surface area contributed by atoms with Gasteiger partial charge in [0.2, 0.25) is 0 Å². The molecule has 5 heteroatoms. The summed E-state index contributed by atoms with van der Waals surface area (Å²) in [6.07, 6.45) is 36.4. The molecule has 246 valence electrons. The molecule has 0 aromatic heterocycles. The van der Waals surface area contributed by atoms with Gasteiger partial charge in [-0.05, 0) is 25.7 Å². The highest BCUT2D eigenvalue weighted by atomic mass is 16.4. The van der Waals surface area contributed by atoms with Gasteiger partial charge in [0.05, 0.1) is 6.10 Å². The van der Waals surface area contributed by atoms with Gasteiger partial charge in [0, 0.05) is 12.8 Å². The second-order valence-corrected chi connectivity index (χ2v) is 12.4. The van der Waals surface area contributed by atoms with E-state index < -0.39 is 11.9 Å². The van der Waals surface area contributed by atoms with Gasteiger partial charge in [0.1, 0.15) is 0 Å². The maximum Gasteiger partial charge on any atom is 0.303 e. The highest BCUT2D eigenvalue weighted by Gasteiger charge is 2.04. The number of carboxylic acids is 2. The van der Waals surface area contributed by atoms with Crippen LogP contribution >= 0.6 is 0 Å². The zero-order valence-corrected chi connectivity index (χ0v) is 27.7. The summed E-state index contributed by atoms with van der Waals surface area (Å²) in [5.74, 6) is -1.34. The lowest BCUT2D eigenvalue weighted by molar-refractivity contribution is -0.138. The molecule has 1 atom stereocenters. The molecule has 0 saturated heterocycles. The summed E-state index contributed by atoms with van der Waals surface area (Å²) in [5, 5.41) is 26.9. The van der Waals surface area contributed by atoms with Crippen molar-refractivity contribution in [3.63, 3.8) is 0 Å². The minimum absolute atomic E-state index is 0.108. The Balaban J connectivity index is 0. The standard InChI is InChI=1S/C18H36O3.C18H36O2/c1-2-3-4-5-8-11-14-17(19)15-12-9-6-7-10-13-16-18(20)21;1-2-3-4-5-6-7-8-9-10-11-12-13-14-15-16-17-18(19)20/h17,19H,2-16H2,1H3,(H,20,21);2-17H2,1H3,(H,19,20). The van der Waals surface area contributed by atoms with Crippen molar-refractivity contribution in [2.24, 2.45) is 0 Å². The van der Waals surface area contributed by atoms with Gasteiger partial charge in [-0.15, -0.1) is 0 Å². The van der Waals surface area contributed by atoms with Crippen LogP contribution in [0.5, 0.6) is 0 Å². The maximum atomic E-state index is 10.3. The third kappa shape index (κ3) is 43.5. The number of hydrogen-bond acceptors (Lipinski definition) is 3. The smallest absolute Gasteiger partial charge is 0.303 e. The zero-order valence-electron chi connectivity index (χ0n) is 27.7. The third-order valence-corrected chi connectivity index (χ3v) is 8.06. The Labute approximate surface area is 255 Å². The fourth-order valence-corrected chi connectivity index (χ4v) is 5.32. The van der Waals surface area contributed by atoms with E-state index in [0.717, 1.165) is 51.4 Å². The second-order valence-electron chi connectivity index (χ2n) is 12.4. The average Bonchev–Trinajstić information content (AvgIpc) is 2.94. The van der Waals surface area contributed by atoms with Crippen LogP contribution in [0.15, 0.2) is 0 Å². The molecule has 0 aliphatic rings. The molecule has 0 fully saturated rings. The first-order chi connectivity index (χ1) is 19.9. The van der Waals surface area contributed by atoms with Crippen molar-refractivity contribution in [1.82, 2.24) is 0 Å². The Morgan fingerprint density at radius 1 is 0.390 bits per heavy atom. The Hall–Kier alpha value is -1.10. The van der Waals surface area contributed by atoms with Crippen LogP contribution in [-0.4, -0.2) is 33.4 Å². The first-order valence-corrected chi connectivity index (χ1v) is 18.1. The van der Waals surface area contributed by atoms with Gasteiger partial charge in [-0.2, -0.15) is 0 Å². The maximum absolute atomic E-state index is 10.3. The first-order valence-electron chi connectivity index (χ1n) is 18.1. The SMILES string of the molecule is CCCCCCCCC(O)CCCCCCCCC(=O)O.CCCCCCCCCCCCCCCCCC(=O)O. The van der Waals surface area contributed by atoms with Crippen LogP contribution in [0, 0.1) is 0 Å². The van der Waals surface area contributed by atoms with E-state index in [2.05, 4.69) is 13.8 Å². The third-order valence-electron chi connectivity index (χ3n) is 8.06. The topological polar surface area (TPSA) is 94.8 Å². The van der Waals surface area contributed by atoms with Gasteiger partial charge >= 0.3 is 11.9 Å². The molecule has 0 rings (SSSR count). The lowest BCUT2D eigenvalue weighted by Crippen LogP contribution is -2.05. The highest BCUT2D eigenvalue weighted by Crippen LogP contribution is 2.15. The molecule has 0 spiro atoms. The molecule has 1 unspecified atom stereocenters. The molecule has 0 radical (unpaired) electrons. The number of unbranched alkanes of at least 4 members (excludes halogenated alkanes) is 24. The van der Waals surface area contributed by atoms with Crippen molar-refractivity contribution in [2.45, 2.75) is 219 Å². The van der Waals surface area contributed by atoms with Gasteiger partial charge < -0.3 is 15.3 Å². The van der Waals surface area contributed by atoms with Crippen molar-refractivity contribution >= 4 is 11.9 Å². The Kier molecular flexibility index (Phi) is 37.9. The van der Waals surface area contributed by atoms with Gasteiger partial charge in [-0.1, -0.05) is 174 Å². The van der Waals surface area contributed by atoms with Crippen LogP contribution in [0.3, 0.4) is 0 Å². The summed E-state index contributed by atoms with van der Waals surface area (Å²) in [7, 11) is 0. The molecule has 3 N–H and O–H groups in total. The Bertz CT molecular complexity index is 522. The zero-order chi connectivity index (χ0) is 30.7. The predicted octanol–water partition coefficient (Wildman–Crippen LogP) is 11.6. The summed E-state index contributed by atoms with van der Waals surface area (Å²) in [4.78, 5) is 20.7. The fourth-order valence-electron chi connectivity index (χ4n) is 5.32. The number of carboxylic acid groups (broad SMARTS) is 2. The summed E-state index contributed by atoms with van der Waals surface area (Å²) >= 11 is 0. The number of carbonyl (C=O) groups is 2. The van der Waals surface area contributed by atoms with Crippen LogP contribution in [0.4, 0.5) is 0 Å². The van der Waals surface area contributed by atoms with Crippen molar-refractivity contribution in [2.75, 3.05) is 0 Å². The lowest BCUT2D eigenvalue weighted by atomic mass is 10.0. The van der Waals surface area contributed by atoms with E-state index in [9.17, 15) is 14.7 Å². The Morgan fingerprint density at radius 2 is 0.610 bits per heavy atom. The van der Waals surface area contributed by atoms with Crippen molar-refractivity contribution in [1.29, 1.82) is 0 Å². The molecule has 0 aromatic rings. The summed E-state index contributed by atoms with van der Waals surface area (Å²) in [6, 6.07) is 0. The van der Waals surface area contributed by atoms with E-state index in [1.165, 1.54) is 135 Å². The summed E-state index contributed by atoms with van der Waals surface area (Å²) in [6.45, 7) is 4.50. The normalized spacial score (nSPS) is 11.7. The van der Waals surface area contributed by atoms with Gasteiger partial charge in [-0.25, -0.2) is 0 Å². The van der Waals surface area contributed by atoms with Gasteiger partial charge in [0.15, 0.2) is 0 Å². The highest BCUT2D eigenvalue weighted by molar-refractivity contribution is 5.66. The van der Waals surface area contributed by atoms with E-state index in [-0.39, 0.29) is 6.10 Å². The number of hydrogen-bond donors (Lipinski definition) is 3. The van der Waals surface area contributed by atoms with Crippen LogP contribution in [0.1, 0.15) is 213 Å². The molecular weight excluding hydrogens is 512 g/mol. The van der Waals surface area contributed by atoms with Crippen LogP contribution in [-0.2, 0) is 9.59 Å². The average molecular weight is 585 g/mol. The van der Waals surface area contributed by atoms with Gasteiger partial charge in [0.25, 0.3) is 0 Å². The number of rotatable bonds is 32. The van der Waals surface area contributed by atoms with Crippen molar-refractivity contribution in [3.8, 4) is 0 Å². The quantitative estimate of drug-likeness (QED) is 0.0683. The fraction of sp³-hybridized carbons (Fsp3) is 0.944.